The number of halogens is 1. The van der Waals surface area contributed by atoms with Crippen molar-refractivity contribution in [3.63, 3.8) is 0 Å². The molecule has 4 aromatic rings. The second-order valence-corrected chi connectivity index (χ2v) is 10.3. The third-order valence-corrected chi connectivity index (χ3v) is 7.59. The van der Waals surface area contributed by atoms with E-state index in [1.165, 1.54) is 28.0 Å². The third kappa shape index (κ3) is 4.98. The Kier molecular flexibility index (Phi) is 7.12. The summed E-state index contributed by atoms with van der Waals surface area (Å²) in [5, 5.41) is 9.30. The average Bonchev–Trinajstić information content (AvgIpc) is 3.48. The molecule has 1 atom stereocenters. The van der Waals surface area contributed by atoms with Crippen molar-refractivity contribution in [2.24, 2.45) is 4.99 Å². The molecular weight excluding hydrogens is 540 g/mol. The highest BCUT2D eigenvalue weighted by Crippen LogP contribution is 2.31. The molecule has 3 heterocycles. The normalized spacial score (nSPS) is 15.2. The standard InChI is InChI=1S/C29H23ClN2O6S/c1-4-37-28(36)24-16(3)31-29-32(25(24)17-7-5-15(2)6-8-17)26(33)23(39-29)14-19-10-12-22(38-19)18-9-11-20(27(34)35)21(30)13-18/h5-14,25H,4H2,1-3H3,(H,34,35)/b23-14-/t25-/m0/s1. The number of benzene rings is 2. The van der Waals surface area contributed by atoms with Crippen LogP contribution in [0, 0.1) is 6.92 Å². The number of thiazole rings is 1. The molecule has 0 amide bonds. The number of aromatic nitrogens is 1. The summed E-state index contributed by atoms with van der Waals surface area (Å²) < 4.78 is 13.2. The lowest BCUT2D eigenvalue weighted by Crippen LogP contribution is -2.39. The van der Waals surface area contributed by atoms with Gasteiger partial charge in [0, 0.05) is 11.6 Å². The molecule has 0 saturated carbocycles. The number of carboxylic acids is 1. The van der Waals surface area contributed by atoms with Crippen LogP contribution in [-0.2, 0) is 9.53 Å². The fourth-order valence-corrected chi connectivity index (χ4v) is 5.70. The van der Waals surface area contributed by atoms with Gasteiger partial charge in [0.2, 0.25) is 0 Å². The predicted molar refractivity (Wildman–Crippen MR) is 148 cm³/mol. The number of carbonyl (C=O) groups excluding carboxylic acids is 1. The Morgan fingerprint density at radius 1 is 1.15 bits per heavy atom. The van der Waals surface area contributed by atoms with Crippen LogP contribution >= 0.6 is 22.9 Å². The van der Waals surface area contributed by atoms with Gasteiger partial charge in [-0.3, -0.25) is 9.36 Å². The lowest BCUT2D eigenvalue weighted by Gasteiger charge is -2.24. The first-order chi connectivity index (χ1) is 18.7. The maximum Gasteiger partial charge on any atom is 0.338 e. The maximum absolute atomic E-state index is 13.7. The Labute approximate surface area is 231 Å². The summed E-state index contributed by atoms with van der Waals surface area (Å²) in [5.74, 6) is -0.748. The number of esters is 1. The number of aromatic carboxylic acids is 1. The van der Waals surface area contributed by atoms with Crippen LogP contribution in [0.25, 0.3) is 17.4 Å². The lowest BCUT2D eigenvalue weighted by molar-refractivity contribution is -0.139. The Balaban J connectivity index is 1.60. The summed E-state index contributed by atoms with van der Waals surface area (Å²) in [4.78, 5) is 43.0. The molecule has 0 saturated heterocycles. The smallest absolute Gasteiger partial charge is 0.338 e. The van der Waals surface area contributed by atoms with Gasteiger partial charge < -0.3 is 14.3 Å². The van der Waals surface area contributed by atoms with E-state index in [1.54, 1.807) is 38.1 Å². The molecule has 1 aliphatic rings. The van der Waals surface area contributed by atoms with E-state index in [-0.39, 0.29) is 22.8 Å². The first kappa shape index (κ1) is 26.4. The van der Waals surface area contributed by atoms with E-state index in [9.17, 15) is 19.5 Å². The number of carboxylic acid groups (broad SMARTS) is 1. The summed E-state index contributed by atoms with van der Waals surface area (Å²) in [5.41, 5.74) is 2.92. The summed E-state index contributed by atoms with van der Waals surface area (Å²) in [7, 11) is 0. The van der Waals surface area contributed by atoms with Gasteiger partial charge in [-0.25, -0.2) is 14.6 Å². The van der Waals surface area contributed by atoms with Crippen molar-refractivity contribution in [2.75, 3.05) is 6.61 Å². The molecular formula is C29H23ClN2O6S. The van der Waals surface area contributed by atoms with Crippen LogP contribution in [0.15, 0.2) is 80.1 Å². The van der Waals surface area contributed by atoms with E-state index >= 15 is 0 Å². The molecule has 5 rings (SSSR count). The molecule has 8 nitrogen and oxygen atoms in total. The van der Waals surface area contributed by atoms with Crippen molar-refractivity contribution in [2.45, 2.75) is 26.8 Å². The number of hydrogen-bond donors (Lipinski definition) is 1. The number of allylic oxidation sites excluding steroid dienone is 1. The Hall–Kier alpha value is -4.21. The molecule has 0 bridgehead atoms. The van der Waals surface area contributed by atoms with E-state index in [4.69, 9.17) is 20.8 Å². The Morgan fingerprint density at radius 3 is 2.56 bits per heavy atom. The minimum Gasteiger partial charge on any atom is -0.478 e. The van der Waals surface area contributed by atoms with E-state index in [1.807, 2.05) is 31.2 Å². The summed E-state index contributed by atoms with van der Waals surface area (Å²) >= 11 is 7.31. The van der Waals surface area contributed by atoms with Crippen molar-refractivity contribution in [1.29, 1.82) is 0 Å². The maximum atomic E-state index is 13.7. The zero-order valence-corrected chi connectivity index (χ0v) is 22.8. The van der Waals surface area contributed by atoms with Crippen molar-refractivity contribution in [3.05, 3.63) is 113 Å². The van der Waals surface area contributed by atoms with Crippen LogP contribution < -0.4 is 14.9 Å². The van der Waals surface area contributed by atoms with Crippen LogP contribution in [0.5, 0.6) is 0 Å². The van der Waals surface area contributed by atoms with E-state index in [0.717, 1.165) is 11.1 Å². The Morgan fingerprint density at radius 2 is 1.90 bits per heavy atom. The lowest BCUT2D eigenvalue weighted by atomic mass is 9.95. The first-order valence-corrected chi connectivity index (χ1v) is 13.3. The van der Waals surface area contributed by atoms with Gasteiger partial charge in [-0.15, -0.1) is 0 Å². The van der Waals surface area contributed by atoms with Crippen molar-refractivity contribution in [3.8, 4) is 11.3 Å². The minimum atomic E-state index is -1.12. The molecule has 198 valence electrons. The average molecular weight is 563 g/mol. The molecule has 1 N–H and O–H groups in total. The van der Waals surface area contributed by atoms with E-state index < -0.39 is 18.0 Å². The molecule has 0 radical (unpaired) electrons. The van der Waals surface area contributed by atoms with Crippen molar-refractivity contribution in [1.82, 2.24) is 4.57 Å². The van der Waals surface area contributed by atoms with Gasteiger partial charge in [-0.2, -0.15) is 0 Å². The largest absolute Gasteiger partial charge is 0.478 e. The third-order valence-electron chi connectivity index (χ3n) is 6.29. The van der Waals surface area contributed by atoms with Gasteiger partial charge in [0.05, 0.1) is 39.0 Å². The summed E-state index contributed by atoms with van der Waals surface area (Å²) in [6.45, 7) is 5.64. The molecule has 2 aromatic carbocycles. The van der Waals surface area contributed by atoms with Crippen LogP contribution in [0.4, 0.5) is 0 Å². The number of hydrogen-bond acceptors (Lipinski definition) is 7. The Bertz CT molecular complexity index is 1830. The molecule has 0 spiro atoms. The summed E-state index contributed by atoms with van der Waals surface area (Å²) in [6.07, 6.45) is 1.62. The number of carbonyl (C=O) groups is 2. The monoisotopic (exact) mass is 562 g/mol. The van der Waals surface area contributed by atoms with Gasteiger partial charge in [0.1, 0.15) is 11.5 Å². The zero-order valence-electron chi connectivity index (χ0n) is 21.2. The van der Waals surface area contributed by atoms with Crippen molar-refractivity contribution < 1.29 is 23.8 Å². The highest BCUT2D eigenvalue weighted by molar-refractivity contribution is 7.07. The minimum absolute atomic E-state index is 0.00563. The first-order valence-electron chi connectivity index (χ1n) is 12.1. The SMILES string of the molecule is CCOC(=O)C1=C(C)N=c2s/c(=C\c3ccc(-c4ccc(C(=O)O)c(Cl)c4)o3)c(=O)n2[C@H]1c1ccc(C)cc1. The molecule has 2 aromatic heterocycles. The molecule has 0 aliphatic carbocycles. The van der Waals surface area contributed by atoms with E-state index in [2.05, 4.69) is 4.99 Å². The number of furan rings is 1. The summed E-state index contributed by atoms with van der Waals surface area (Å²) in [6, 6.07) is 14.9. The molecule has 0 fully saturated rings. The van der Waals surface area contributed by atoms with Gasteiger partial charge in [0.15, 0.2) is 4.80 Å². The van der Waals surface area contributed by atoms with Crippen LogP contribution in [0.2, 0.25) is 5.02 Å². The molecule has 39 heavy (non-hydrogen) atoms. The highest BCUT2D eigenvalue weighted by atomic mass is 35.5. The van der Waals surface area contributed by atoms with Crippen molar-refractivity contribution >= 4 is 41.0 Å². The predicted octanol–water partition coefficient (Wildman–Crippen LogP) is 4.72. The van der Waals surface area contributed by atoms with Gasteiger partial charge >= 0.3 is 11.9 Å². The number of fused-ring (bicyclic) bond motifs is 1. The quantitative estimate of drug-likeness (QED) is 0.340. The number of ether oxygens (including phenoxy) is 1. The fourth-order valence-electron chi connectivity index (χ4n) is 4.41. The van der Waals surface area contributed by atoms with Crippen LogP contribution in [0.3, 0.4) is 0 Å². The number of aryl methyl sites for hydroxylation is 1. The fraction of sp³-hybridized carbons (Fsp3) is 0.172. The molecule has 0 unspecified atom stereocenters. The van der Waals surface area contributed by atoms with Crippen LogP contribution in [-0.4, -0.2) is 28.2 Å². The number of nitrogens with zero attached hydrogens (tertiary/aromatic N) is 2. The second kappa shape index (κ2) is 10.5. The van der Waals surface area contributed by atoms with Gasteiger partial charge in [-0.05, 0) is 50.6 Å². The molecule has 10 heteroatoms. The van der Waals surface area contributed by atoms with Gasteiger partial charge in [0.25, 0.3) is 5.56 Å². The van der Waals surface area contributed by atoms with Gasteiger partial charge in [-0.1, -0.05) is 58.8 Å². The highest BCUT2D eigenvalue weighted by Gasteiger charge is 2.33. The van der Waals surface area contributed by atoms with E-state index in [0.29, 0.717) is 37.7 Å². The topological polar surface area (TPSA) is 111 Å². The second-order valence-electron chi connectivity index (χ2n) is 8.91. The van der Waals surface area contributed by atoms with Crippen LogP contribution in [0.1, 0.15) is 47.1 Å². The molecule has 1 aliphatic heterocycles. The number of rotatable bonds is 6. The zero-order chi connectivity index (χ0) is 27.8.